The number of halogens is 2. The molecule has 0 fully saturated rings. The predicted molar refractivity (Wildman–Crippen MR) is 56.2 cm³/mol. The Kier molecular flexibility index (Phi) is 4.04. The lowest BCUT2D eigenvalue weighted by Crippen LogP contribution is -2.23. The van der Waals surface area contributed by atoms with Crippen molar-refractivity contribution in [2.75, 3.05) is 6.54 Å². The normalized spacial score (nSPS) is 9.86. The first-order valence-corrected chi connectivity index (χ1v) is 4.75. The van der Waals surface area contributed by atoms with E-state index in [4.69, 9.17) is 28.3 Å². The van der Waals surface area contributed by atoms with Crippen molar-refractivity contribution in [3.05, 3.63) is 33.8 Å². The van der Waals surface area contributed by atoms with Crippen molar-refractivity contribution in [3.8, 4) is 0 Å². The van der Waals surface area contributed by atoms with E-state index in [-0.39, 0.29) is 0 Å². The summed E-state index contributed by atoms with van der Waals surface area (Å²) >= 11 is 11.5. The van der Waals surface area contributed by atoms with Gasteiger partial charge in [0.25, 0.3) is 0 Å². The summed E-state index contributed by atoms with van der Waals surface area (Å²) in [5.74, 6) is 0. The number of amides is 1. The number of nitrogens with one attached hydrogen (secondary N) is 1. The lowest BCUT2D eigenvalue weighted by molar-refractivity contribution is 0.194. The summed E-state index contributed by atoms with van der Waals surface area (Å²) in [6.07, 6.45) is -0.454. The van der Waals surface area contributed by atoms with Crippen LogP contribution in [0.1, 0.15) is 5.56 Å². The van der Waals surface area contributed by atoms with Crippen molar-refractivity contribution in [3.63, 3.8) is 0 Å². The molecule has 0 saturated heterocycles. The fourth-order valence-corrected chi connectivity index (χ4v) is 1.64. The van der Waals surface area contributed by atoms with Crippen molar-refractivity contribution >= 4 is 29.3 Å². The van der Waals surface area contributed by atoms with Crippen LogP contribution >= 0.6 is 23.2 Å². The van der Waals surface area contributed by atoms with E-state index in [2.05, 4.69) is 5.32 Å². The number of carbonyl (C=O) groups is 1. The van der Waals surface area contributed by atoms with Gasteiger partial charge in [-0.15, -0.1) is 0 Å². The molecule has 5 heteroatoms. The standard InChI is InChI=1S/C9H9Cl2NO2/c10-7-3-6(4-8(11)5-7)1-2-12-9(13)14/h3-5,12H,1-2H2,(H,13,14). The highest BCUT2D eigenvalue weighted by Crippen LogP contribution is 2.19. The monoisotopic (exact) mass is 233 g/mol. The highest BCUT2D eigenvalue weighted by molar-refractivity contribution is 6.34. The minimum atomic E-state index is -1.03. The van der Waals surface area contributed by atoms with Crippen LogP contribution in [0.5, 0.6) is 0 Å². The second-order valence-electron chi connectivity index (χ2n) is 2.76. The molecule has 3 nitrogen and oxygen atoms in total. The van der Waals surface area contributed by atoms with Crippen LogP contribution < -0.4 is 5.32 Å². The quantitative estimate of drug-likeness (QED) is 0.844. The Balaban J connectivity index is 2.54. The van der Waals surface area contributed by atoms with Crippen LogP contribution in [0.2, 0.25) is 10.0 Å². The van der Waals surface area contributed by atoms with E-state index in [1.165, 1.54) is 0 Å². The van der Waals surface area contributed by atoms with Gasteiger partial charge >= 0.3 is 6.09 Å². The molecule has 0 heterocycles. The van der Waals surface area contributed by atoms with Crippen LogP contribution in [0.3, 0.4) is 0 Å². The van der Waals surface area contributed by atoms with Crippen LogP contribution in [-0.4, -0.2) is 17.7 Å². The Morgan fingerprint density at radius 2 is 1.86 bits per heavy atom. The molecule has 1 aromatic carbocycles. The summed E-state index contributed by atoms with van der Waals surface area (Å²) in [6, 6.07) is 5.16. The van der Waals surface area contributed by atoms with Gasteiger partial charge in [-0.2, -0.15) is 0 Å². The molecule has 0 atom stereocenters. The molecule has 76 valence electrons. The van der Waals surface area contributed by atoms with Gasteiger partial charge in [0.2, 0.25) is 0 Å². The summed E-state index contributed by atoms with van der Waals surface area (Å²) in [5.41, 5.74) is 0.913. The largest absolute Gasteiger partial charge is 0.465 e. The van der Waals surface area contributed by atoms with Crippen molar-refractivity contribution in [1.29, 1.82) is 0 Å². The van der Waals surface area contributed by atoms with E-state index >= 15 is 0 Å². The number of rotatable bonds is 3. The molecule has 0 aliphatic carbocycles. The number of carboxylic acid groups (broad SMARTS) is 1. The first-order valence-electron chi connectivity index (χ1n) is 3.99. The molecule has 0 aliphatic rings. The second kappa shape index (κ2) is 5.08. The van der Waals surface area contributed by atoms with Crippen molar-refractivity contribution in [2.24, 2.45) is 0 Å². The Hall–Kier alpha value is -0.930. The summed E-state index contributed by atoms with van der Waals surface area (Å²) in [7, 11) is 0. The molecule has 2 N–H and O–H groups in total. The average Bonchev–Trinajstić information content (AvgIpc) is 2.01. The molecule has 0 unspecified atom stereocenters. The zero-order valence-electron chi connectivity index (χ0n) is 7.26. The van der Waals surface area contributed by atoms with E-state index in [1.807, 2.05) is 0 Å². The Morgan fingerprint density at radius 3 is 2.36 bits per heavy atom. The molecule has 0 aromatic heterocycles. The number of hydrogen-bond acceptors (Lipinski definition) is 1. The fraction of sp³-hybridized carbons (Fsp3) is 0.222. The maximum Gasteiger partial charge on any atom is 0.404 e. The highest BCUT2D eigenvalue weighted by Gasteiger charge is 1.99. The maximum absolute atomic E-state index is 10.2. The lowest BCUT2D eigenvalue weighted by atomic mass is 10.1. The molecule has 0 spiro atoms. The van der Waals surface area contributed by atoms with Gasteiger partial charge in [0.1, 0.15) is 0 Å². The highest BCUT2D eigenvalue weighted by atomic mass is 35.5. The molecule has 1 rings (SSSR count). The van der Waals surface area contributed by atoms with Gasteiger partial charge in [0, 0.05) is 16.6 Å². The zero-order chi connectivity index (χ0) is 10.6. The summed E-state index contributed by atoms with van der Waals surface area (Å²) < 4.78 is 0. The summed E-state index contributed by atoms with van der Waals surface area (Å²) in [6.45, 7) is 0.353. The van der Waals surface area contributed by atoms with E-state index < -0.39 is 6.09 Å². The van der Waals surface area contributed by atoms with Crippen molar-refractivity contribution < 1.29 is 9.90 Å². The van der Waals surface area contributed by atoms with E-state index in [0.717, 1.165) is 5.56 Å². The van der Waals surface area contributed by atoms with Crippen molar-refractivity contribution in [1.82, 2.24) is 5.32 Å². The Morgan fingerprint density at radius 1 is 1.29 bits per heavy atom. The van der Waals surface area contributed by atoms with E-state index in [1.54, 1.807) is 18.2 Å². The van der Waals surface area contributed by atoms with Gasteiger partial charge in [-0.25, -0.2) is 4.79 Å². The lowest BCUT2D eigenvalue weighted by Gasteiger charge is -2.03. The van der Waals surface area contributed by atoms with Crippen LogP contribution in [0.15, 0.2) is 18.2 Å². The molecule has 14 heavy (non-hydrogen) atoms. The van der Waals surface area contributed by atoms with Crippen molar-refractivity contribution in [2.45, 2.75) is 6.42 Å². The molecule has 0 saturated carbocycles. The van der Waals surface area contributed by atoms with Gasteiger partial charge in [0.05, 0.1) is 0 Å². The van der Waals surface area contributed by atoms with Gasteiger partial charge in [-0.1, -0.05) is 23.2 Å². The Bertz CT molecular complexity index is 321. The summed E-state index contributed by atoms with van der Waals surface area (Å²) in [5, 5.41) is 11.7. The number of hydrogen-bond donors (Lipinski definition) is 2. The minimum Gasteiger partial charge on any atom is -0.465 e. The van der Waals surface area contributed by atoms with E-state index in [9.17, 15) is 4.79 Å². The van der Waals surface area contributed by atoms with Gasteiger partial charge in [-0.05, 0) is 30.2 Å². The van der Waals surface area contributed by atoms with Gasteiger partial charge < -0.3 is 10.4 Å². The molecule has 0 aliphatic heterocycles. The molecule has 1 aromatic rings. The fourth-order valence-electron chi connectivity index (χ4n) is 1.07. The Labute approximate surface area is 91.6 Å². The summed E-state index contributed by atoms with van der Waals surface area (Å²) in [4.78, 5) is 10.2. The van der Waals surface area contributed by atoms with Gasteiger partial charge in [-0.3, -0.25) is 0 Å². The zero-order valence-corrected chi connectivity index (χ0v) is 8.77. The third-order valence-corrected chi connectivity index (χ3v) is 2.05. The third-order valence-electron chi connectivity index (χ3n) is 1.61. The topological polar surface area (TPSA) is 49.3 Å². The number of benzene rings is 1. The molecular formula is C9H9Cl2NO2. The average molecular weight is 234 g/mol. The van der Waals surface area contributed by atoms with Crippen LogP contribution in [-0.2, 0) is 6.42 Å². The van der Waals surface area contributed by atoms with Gasteiger partial charge in [0.15, 0.2) is 0 Å². The maximum atomic E-state index is 10.2. The molecule has 0 bridgehead atoms. The second-order valence-corrected chi connectivity index (χ2v) is 3.63. The molecule has 0 radical (unpaired) electrons. The molecular weight excluding hydrogens is 225 g/mol. The third kappa shape index (κ3) is 3.85. The minimum absolute atomic E-state index is 0.353. The first kappa shape index (κ1) is 11.1. The predicted octanol–water partition coefficient (Wildman–Crippen LogP) is 2.80. The van der Waals surface area contributed by atoms with E-state index in [0.29, 0.717) is 23.0 Å². The van der Waals surface area contributed by atoms with Crippen LogP contribution in [0, 0.1) is 0 Å². The smallest absolute Gasteiger partial charge is 0.404 e. The SMILES string of the molecule is O=C(O)NCCc1cc(Cl)cc(Cl)c1. The van der Waals surface area contributed by atoms with Crippen LogP contribution in [0.25, 0.3) is 0 Å². The van der Waals surface area contributed by atoms with Crippen LogP contribution in [0.4, 0.5) is 4.79 Å². The molecule has 1 amide bonds. The first-order chi connectivity index (χ1) is 6.58.